The minimum absolute atomic E-state index is 0.296. The Balaban J connectivity index is 2.23. The summed E-state index contributed by atoms with van der Waals surface area (Å²) in [4.78, 5) is 20.2. The van der Waals surface area contributed by atoms with Gasteiger partial charge in [0.2, 0.25) is 11.7 Å². The van der Waals surface area contributed by atoms with Crippen LogP contribution in [0, 0.1) is 0 Å². The molecule has 0 spiro atoms. The number of aromatic nitrogens is 3. The summed E-state index contributed by atoms with van der Waals surface area (Å²) < 4.78 is 10.3. The van der Waals surface area contributed by atoms with Crippen LogP contribution in [0.4, 0.5) is 0 Å². The normalized spacial score (nSPS) is 12.1. The average molecular weight is 275 g/mol. The van der Waals surface area contributed by atoms with E-state index in [0.717, 1.165) is 12.0 Å². The van der Waals surface area contributed by atoms with Crippen molar-refractivity contribution in [2.45, 2.75) is 32.6 Å². The number of esters is 1. The van der Waals surface area contributed by atoms with Gasteiger partial charge in [0.25, 0.3) is 0 Å². The van der Waals surface area contributed by atoms with E-state index in [0.29, 0.717) is 24.7 Å². The lowest BCUT2D eigenvalue weighted by molar-refractivity contribution is -0.145. The molecule has 6 heteroatoms. The largest absolute Gasteiger partial charge is 0.465 e. The van der Waals surface area contributed by atoms with Crippen LogP contribution in [0.15, 0.2) is 29.0 Å². The van der Waals surface area contributed by atoms with Gasteiger partial charge < -0.3 is 9.26 Å². The topological polar surface area (TPSA) is 78.1 Å². The van der Waals surface area contributed by atoms with Crippen LogP contribution in [-0.2, 0) is 9.53 Å². The molecule has 0 aliphatic carbocycles. The van der Waals surface area contributed by atoms with E-state index in [9.17, 15) is 4.79 Å². The van der Waals surface area contributed by atoms with Crippen molar-refractivity contribution in [3.8, 4) is 11.4 Å². The molecule has 2 rings (SSSR count). The molecule has 0 saturated heterocycles. The third kappa shape index (κ3) is 3.20. The van der Waals surface area contributed by atoms with Crippen LogP contribution in [0.25, 0.3) is 11.4 Å². The summed E-state index contributed by atoms with van der Waals surface area (Å²) in [6.07, 6.45) is 4.76. The Hall–Kier alpha value is -2.24. The lowest BCUT2D eigenvalue weighted by atomic mass is 10.0. The average Bonchev–Trinajstić information content (AvgIpc) is 2.95. The molecule has 20 heavy (non-hydrogen) atoms. The monoisotopic (exact) mass is 275 g/mol. The van der Waals surface area contributed by atoms with Crippen molar-refractivity contribution in [1.82, 2.24) is 15.1 Å². The van der Waals surface area contributed by atoms with Crippen LogP contribution >= 0.6 is 0 Å². The Bertz CT molecular complexity index is 554. The van der Waals surface area contributed by atoms with Crippen molar-refractivity contribution in [1.29, 1.82) is 0 Å². The molecule has 0 fully saturated rings. The Morgan fingerprint density at radius 3 is 2.95 bits per heavy atom. The van der Waals surface area contributed by atoms with E-state index in [1.165, 1.54) is 0 Å². The highest BCUT2D eigenvalue weighted by Crippen LogP contribution is 2.24. The molecule has 0 aliphatic heterocycles. The second kappa shape index (κ2) is 6.79. The molecule has 0 bridgehead atoms. The molecule has 0 N–H and O–H groups in total. The summed E-state index contributed by atoms with van der Waals surface area (Å²) in [7, 11) is 0. The van der Waals surface area contributed by atoms with Gasteiger partial charge in [0, 0.05) is 18.0 Å². The van der Waals surface area contributed by atoms with E-state index < -0.39 is 5.92 Å². The first-order valence-electron chi connectivity index (χ1n) is 6.66. The molecule has 0 aromatic carbocycles. The standard InChI is InChI=1S/C14H17N3O3/c1-3-6-11(14(18)19-4-2)13-16-12(17-20-13)10-7-5-8-15-9-10/h5,7-9,11H,3-4,6H2,1-2H3. The maximum Gasteiger partial charge on any atom is 0.318 e. The molecular formula is C14H17N3O3. The number of carbonyl (C=O) groups is 1. The predicted octanol–water partition coefficient (Wildman–Crippen LogP) is 2.58. The Morgan fingerprint density at radius 2 is 2.30 bits per heavy atom. The van der Waals surface area contributed by atoms with Gasteiger partial charge in [-0.2, -0.15) is 4.98 Å². The smallest absolute Gasteiger partial charge is 0.318 e. The molecule has 0 aliphatic rings. The highest BCUT2D eigenvalue weighted by molar-refractivity contribution is 5.76. The molecular weight excluding hydrogens is 258 g/mol. The summed E-state index contributed by atoms with van der Waals surface area (Å²) in [5.74, 6) is -0.101. The first-order valence-corrected chi connectivity index (χ1v) is 6.66. The Morgan fingerprint density at radius 1 is 1.45 bits per heavy atom. The lowest BCUT2D eigenvalue weighted by Gasteiger charge is -2.09. The fourth-order valence-electron chi connectivity index (χ4n) is 1.86. The number of carbonyl (C=O) groups excluding carboxylic acids is 1. The summed E-state index contributed by atoms with van der Waals surface area (Å²) in [5.41, 5.74) is 0.751. The van der Waals surface area contributed by atoms with Crippen molar-refractivity contribution >= 4 is 5.97 Å². The molecule has 1 unspecified atom stereocenters. The summed E-state index contributed by atoms with van der Waals surface area (Å²) in [6.45, 7) is 4.10. The number of nitrogens with zero attached hydrogens (tertiary/aromatic N) is 3. The van der Waals surface area contributed by atoms with Gasteiger partial charge in [0.15, 0.2) is 0 Å². The van der Waals surface area contributed by atoms with Crippen LogP contribution in [-0.4, -0.2) is 27.7 Å². The van der Waals surface area contributed by atoms with Gasteiger partial charge in [-0.1, -0.05) is 18.5 Å². The minimum atomic E-state index is -0.502. The fourth-order valence-corrected chi connectivity index (χ4v) is 1.86. The van der Waals surface area contributed by atoms with Crippen LogP contribution in [0.3, 0.4) is 0 Å². The number of pyridine rings is 1. The van der Waals surface area contributed by atoms with E-state index in [-0.39, 0.29) is 5.97 Å². The van der Waals surface area contributed by atoms with E-state index in [1.807, 2.05) is 13.0 Å². The number of hydrogen-bond donors (Lipinski definition) is 0. The van der Waals surface area contributed by atoms with E-state index in [2.05, 4.69) is 15.1 Å². The predicted molar refractivity (Wildman–Crippen MR) is 71.8 cm³/mol. The van der Waals surface area contributed by atoms with Gasteiger partial charge >= 0.3 is 5.97 Å². The van der Waals surface area contributed by atoms with Crippen molar-refractivity contribution in [3.05, 3.63) is 30.4 Å². The molecule has 2 heterocycles. The molecule has 106 valence electrons. The molecule has 2 aromatic heterocycles. The van der Waals surface area contributed by atoms with Gasteiger partial charge in [-0.05, 0) is 25.5 Å². The molecule has 0 amide bonds. The Labute approximate surface area is 117 Å². The van der Waals surface area contributed by atoms with E-state index in [1.54, 1.807) is 25.4 Å². The van der Waals surface area contributed by atoms with Gasteiger partial charge in [0.1, 0.15) is 5.92 Å². The molecule has 2 aromatic rings. The van der Waals surface area contributed by atoms with Crippen molar-refractivity contribution in [2.75, 3.05) is 6.61 Å². The van der Waals surface area contributed by atoms with Crippen molar-refractivity contribution in [2.24, 2.45) is 0 Å². The number of rotatable bonds is 6. The molecule has 0 radical (unpaired) electrons. The minimum Gasteiger partial charge on any atom is -0.465 e. The molecule has 6 nitrogen and oxygen atoms in total. The summed E-state index contributed by atoms with van der Waals surface area (Å²) >= 11 is 0. The van der Waals surface area contributed by atoms with Gasteiger partial charge in [-0.25, -0.2) is 0 Å². The third-order valence-electron chi connectivity index (χ3n) is 2.81. The van der Waals surface area contributed by atoms with Crippen LogP contribution in [0.1, 0.15) is 38.5 Å². The zero-order valence-electron chi connectivity index (χ0n) is 11.6. The van der Waals surface area contributed by atoms with E-state index in [4.69, 9.17) is 9.26 Å². The highest BCUT2D eigenvalue weighted by Gasteiger charge is 2.27. The van der Waals surface area contributed by atoms with Crippen LogP contribution in [0.2, 0.25) is 0 Å². The SMILES string of the molecule is CCCC(C(=O)OCC)c1nc(-c2cccnc2)no1. The number of ether oxygens (including phenoxy) is 1. The maximum absolute atomic E-state index is 11.9. The first kappa shape index (κ1) is 14.2. The summed E-state index contributed by atoms with van der Waals surface area (Å²) in [5, 5.41) is 3.90. The first-order chi connectivity index (χ1) is 9.76. The zero-order valence-corrected chi connectivity index (χ0v) is 11.6. The Kier molecular flexibility index (Phi) is 4.81. The van der Waals surface area contributed by atoms with E-state index >= 15 is 0 Å². The maximum atomic E-state index is 11.9. The van der Waals surface area contributed by atoms with Crippen molar-refractivity contribution < 1.29 is 14.1 Å². The number of hydrogen-bond acceptors (Lipinski definition) is 6. The molecule has 1 atom stereocenters. The lowest BCUT2D eigenvalue weighted by Crippen LogP contribution is -2.16. The highest BCUT2D eigenvalue weighted by atomic mass is 16.5. The fraction of sp³-hybridized carbons (Fsp3) is 0.429. The zero-order chi connectivity index (χ0) is 14.4. The summed E-state index contributed by atoms with van der Waals surface area (Å²) in [6, 6.07) is 3.63. The molecule has 0 saturated carbocycles. The quantitative estimate of drug-likeness (QED) is 0.754. The second-order valence-corrected chi connectivity index (χ2v) is 4.29. The van der Waals surface area contributed by atoms with Gasteiger partial charge in [0.05, 0.1) is 6.61 Å². The van der Waals surface area contributed by atoms with Crippen molar-refractivity contribution in [3.63, 3.8) is 0 Å². The second-order valence-electron chi connectivity index (χ2n) is 4.29. The van der Waals surface area contributed by atoms with Crippen LogP contribution in [0.5, 0.6) is 0 Å². The van der Waals surface area contributed by atoms with Gasteiger partial charge in [-0.15, -0.1) is 0 Å². The van der Waals surface area contributed by atoms with Crippen LogP contribution < -0.4 is 0 Å². The third-order valence-corrected chi connectivity index (χ3v) is 2.81. The van der Waals surface area contributed by atoms with Gasteiger partial charge in [-0.3, -0.25) is 9.78 Å².